The number of nitrogen functional groups attached to an aromatic ring is 1. The third kappa shape index (κ3) is 4.15. The number of carbonyl (C=O) groups excluding carboxylic acids is 1. The molecule has 1 amide bonds. The van der Waals surface area contributed by atoms with E-state index in [-0.39, 0.29) is 17.9 Å². The number of nitrogens with zero attached hydrogens (tertiary/aromatic N) is 2. The van der Waals surface area contributed by atoms with Crippen molar-refractivity contribution < 1.29 is 13.2 Å². The van der Waals surface area contributed by atoms with Gasteiger partial charge < -0.3 is 10.7 Å². The molecule has 0 bridgehead atoms. The Morgan fingerprint density at radius 1 is 1.45 bits per heavy atom. The number of rotatable bonds is 6. The average Bonchev–Trinajstić information content (AvgIpc) is 2.37. The number of aryl methyl sites for hydroxylation is 1. The highest BCUT2D eigenvalue weighted by atomic mass is 32.2. The van der Waals surface area contributed by atoms with Crippen LogP contribution >= 0.6 is 0 Å². The summed E-state index contributed by atoms with van der Waals surface area (Å²) >= 11 is 0. The van der Waals surface area contributed by atoms with E-state index in [2.05, 4.69) is 15.7 Å². The fraction of sp³-hybridized carbons (Fsp3) is 0.455. The highest BCUT2D eigenvalue weighted by Crippen LogP contribution is 2.13. The molecule has 9 heteroatoms. The van der Waals surface area contributed by atoms with Gasteiger partial charge in [0, 0.05) is 32.5 Å². The van der Waals surface area contributed by atoms with Crippen molar-refractivity contribution in [1.82, 2.24) is 14.6 Å². The standard InChI is InChI=1S/C11H19N5O3S/c1-8-6-10(15-12)9(7-14-8)11(17)13-4-5-20(18,19)16(2)3/h6-7H,4-5,12H2,1-3H3,(H,13,17)(H,14,15). The van der Waals surface area contributed by atoms with E-state index in [4.69, 9.17) is 5.84 Å². The molecule has 0 unspecified atom stereocenters. The van der Waals surface area contributed by atoms with Gasteiger partial charge in [-0.05, 0) is 13.0 Å². The molecule has 1 rings (SSSR count). The van der Waals surface area contributed by atoms with Gasteiger partial charge in [-0.1, -0.05) is 0 Å². The molecule has 1 aromatic rings. The van der Waals surface area contributed by atoms with Crippen LogP contribution < -0.4 is 16.6 Å². The van der Waals surface area contributed by atoms with E-state index >= 15 is 0 Å². The van der Waals surface area contributed by atoms with Gasteiger partial charge in [0.05, 0.1) is 17.0 Å². The maximum absolute atomic E-state index is 11.9. The van der Waals surface area contributed by atoms with Crippen molar-refractivity contribution in [2.45, 2.75) is 6.92 Å². The van der Waals surface area contributed by atoms with E-state index in [0.29, 0.717) is 11.4 Å². The number of sulfonamides is 1. The minimum Gasteiger partial charge on any atom is -0.351 e. The van der Waals surface area contributed by atoms with Gasteiger partial charge in [-0.25, -0.2) is 12.7 Å². The van der Waals surface area contributed by atoms with E-state index in [1.807, 2.05) is 0 Å². The maximum Gasteiger partial charge on any atom is 0.255 e. The molecule has 0 atom stereocenters. The maximum atomic E-state index is 11.9. The number of hydrazine groups is 1. The molecule has 8 nitrogen and oxygen atoms in total. The molecule has 0 radical (unpaired) electrons. The molecular formula is C11H19N5O3S. The van der Waals surface area contributed by atoms with Gasteiger partial charge in [0.1, 0.15) is 0 Å². The molecule has 0 saturated heterocycles. The van der Waals surface area contributed by atoms with Gasteiger partial charge in [-0.3, -0.25) is 15.6 Å². The molecule has 1 aromatic heterocycles. The van der Waals surface area contributed by atoms with Crippen LogP contribution in [0.3, 0.4) is 0 Å². The molecule has 4 N–H and O–H groups in total. The van der Waals surface area contributed by atoms with E-state index in [0.717, 1.165) is 4.31 Å². The topological polar surface area (TPSA) is 117 Å². The van der Waals surface area contributed by atoms with Crippen molar-refractivity contribution >= 4 is 21.6 Å². The van der Waals surface area contributed by atoms with Gasteiger partial charge in [0.25, 0.3) is 5.91 Å². The number of amides is 1. The van der Waals surface area contributed by atoms with Gasteiger partial charge in [0.2, 0.25) is 10.0 Å². The van der Waals surface area contributed by atoms with Crippen molar-refractivity contribution in [3.8, 4) is 0 Å². The number of hydrogen-bond donors (Lipinski definition) is 3. The molecule has 0 spiro atoms. The van der Waals surface area contributed by atoms with Crippen LogP contribution in [0.25, 0.3) is 0 Å². The average molecular weight is 301 g/mol. The summed E-state index contributed by atoms with van der Waals surface area (Å²) in [5.41, 5.74) is 3.83. The van der Waals surface area contributed by atoms with Crippen LogP contribution in [0.15, 0.2) is 12.3 Å². The SMILES string of the molecule is Cc1cc(NN)c(C(=O)NCCS(=O)(=O)N(C)C)cn1. The zero-order valence-electron chi connectivity index (χ0n) is 11.7. The number of anilines is 1. The van der Waals surface area contributed by atoms with Crippen molar-refractivity contribution in [3.63, 3.8) is 0 Å². The largest absolute Gasteiger partial charge is 0.351 e. The Morgan fingerprint density at radius 3 is 2.65 bits per heavy atom. The Balaban J connectivity index is 2.69. The Hall–Kier alpha value is -1.71. The number of hydrogen-bond acceptors (Lipinski definition) is 6. The van der Waals surface area contributed by atoms with Gasteiger partial charge >= 0.3 is 0 Å². The van der Waals surface area contributed by atoms with E-state index in [1.165, 1.54) is 20.3 Å². The normalized spacial score (nSPS) is 11.4. The smallest absolute Gasteiger partial charge is 0.255 e. The fourth-order valence-electron chi connectivity index (χ4n) is 1.43. The highest BCUT2D eigenvalue weighted by Gasteiger charge is 2.15. The first-order valence-corrected chi connectivity index (χ1v) is 7.50. The van der Waals surface area contributed by atoms with Crippen LogP contribution in [0.5, 0.6) is 0 Å². The van der Waals surface area contributed by atoms with Crippen LogP contribution in [0.2, 0.25) is 0 Å². The second-order valence-electron chi connectivity index (χ2n) is 4.37. The number of nitrogens with two attached hydrogens (primary N) is 1. The van der Waals surface area contributed by atoms with Crippen LogP contribution in [-0.2, 0) is 10.0 Å². The third-order valence-electron chi connectivity index (χ3n) is 2.64. The van der Waals surface area contributed by atoms with Gasteiger partial charge in [-0.2, -0.15) is 0 Å². The molecule has 0 fully saturated rings. The Labute approximate surface area is 118 Å². The predicted octanol–water partition coefficient (Wildman–Crippen LogP) is -0.703. The first-order chi connectivity index (χ1) is 9.27. The summed E-state index contributed by atoms with van der Waals surface area (Å²) in [6, 6.07) is 1.63. The molecule has 0 saturated carbocycles. The van der Waals surface area contributed by atoms with E-state index < -0.39 is 15.9 Å². The Bertz CT molecular complexity index is 586. The van der Waals surface area contributed by atoms with E-state index in [9.17, 15) is 13.2 Å². The zero-order valence-corrected chi connectivity index (χ0v) is 12.5. The lowest BCUT2D eigenvalue weighted by molar-refractivity contribution is 0.0956. The van der Waals surface area contributed by atoms with Crippen molar-refractivity contribution in [1.29, 1.82) is 0 Å². The monoisotopic (exact) mass is 301 g/mol. The zero-order chi connectivity index (χ0) is 15.3. The summed E-state index contributed by atoms with van der Waals surface area (Å²) in [5.74, 6) is 4.73. The van der Waals surface area contributed by atoms with Crippen LogP contribution in [0.1, 0.15) is 16.1 Å². The quantitative estimate of drug-likeness (QED) is 0.472. The van der Waals surface area contributed by atoms with Crippen LogP contribution in [0, 0.1) is 6.92 Å². The lowest BCUT2D eigenvalue weighted by Gasteiger charge is -2.12. The van der Waals surface area contributed by atoms with Crippen molar-refractivity contribution in [2.75, 3.05) is 31.8 Å². The second-order valence-corrected chi connectivity index (χ2v) is 6.67. The predicted molar refractivity (Wildman–Crippen MR) is 76.6 cm³/mol. The van der Waals surface area contributed by atoms with Gasteiger partial charge in [-0.15, -0.1) is 0 Å². The molecule has 0 aliphatic carbocycles. The lowest BCUT2D eigenvalue weighted by Crippen LogP contribution is -2.34. The van der Waals surface area contributed by atoms with Crippen molar-refractivity contribution in [2.24, 2.45) is 5.84 Å². The summed E-state index contributed by atoms with van der Waals surface area (Å²) in [5, 5.41) is 2.52. The van der Waals surface area contributed by atoms with Crippen LogP contribution in [0.4, 0.5) is 5.69 Å². The van der Waals surface area contributed by atoms with Crippen molar-refractivity contribution in [3.05, 3.63) is 23.5 Å². The lowest BCUT2D eigenvalue weighted by atomic mass is 10.2. The third-order valence-corrected chi connectivity index (χ3v) is 4.48. The Morgan fingerprint density at radius 2 is 2.10 bits per heavy atom. The summed E-state index contributed by atoms with van der Waals surface area (Å²) in [6.45, 7) is 1.78. The second kappa shape index (κ2) is 6.64. The minimum atomic E-state index is -3.34. The summed E-state index contributed by atoms with van der Waals surface area (Å²) < 4.78 is 24.2. The van der Waals surface area contributed by atoms with E-state index in [1.54, 1.807) is 13.0 Å². The molecule has 0 aromatic carbocycles. The molecule has 0 aliphatic heterocycles. The first kappa shape index (κ1) is 16.3. The summed E-state index contributed by atoms with van der Waals surface area (Å²) in [6.07, 6.45) is 1.39. The molecule has 1 heterocycles. The number of nitrogens with one attached hydrogen (secondary N) is 2. The van der Waals surface area contributed by atoms with Gasteiger partial charge in [0.15, 0.2) is 0 Å². The highest BCUT2D eigenvalue weighted by molar-refractivity contribution is 7.89. The fourth-order valence-corrected chi connectivity index (χ4v) is 2.16. The summed E-state index contributed by atoms with van der Waals surface area (Å²) in [7, 11) is -0.452. The number of pyridine rings is 1. The minimum absolute atomic E-state index is 0.0111. The molecule has 112 valence electrons. The number of carbonyl (C=O) groups is 1. The first-order valence-electron chi connectivity index (χ1n) is 5.89. The van der Waals surface area contributed by atoms with Crippen LogP contribution in [-0.4, -0.2) is 50.0 Å². The molecule has 0 aliphatic rings. The Kier molecular flexibility index (Phi) is 5.43. The molecular weight excluding hydrogens is 282 g/mol. The molecule has 20 heavy (non-hydrogen) atoms. The summed E-state index contributed by atoms with van der Waals surface area (Å²) in [4.78, 5) is 15.9. The number of aromatic nitrogens is 1.